The van der Waals surface area contributed by atoms with E-state index in [0.29, 0.717) is 18.1 Å². The van der Waals surface area contributed by atoms with Gasteiger partial charge >= 0.3 is 0 Å². The molecule has 2 aliphatic rings. The molecule has 3 N–H and O–H groups in total. The summed E-state index contributed by atoms with van der Waals surface area (Å²) < 4.78 is 5.76. The quantitative estimate of drug-likeness (QED) is 0.737. The van der Waals surface area contributed by atoms with E-state index in [1.807, 2.05) is 0 Å². The fourth-order valence-corrected chi connectivity index (χ4v) is 3.21. The molecule has 3 unspecified atom stereocenters. The molecule has 0 aromatic carbocycles. The van der Waals surface area contributed by atoms with Crippen molar-refractivity contribution in [1.29, 1.82) is 0 Å². The molecule has 0 bridgehead atoms. The molecule has 1 aliphatic carbocycles. The maximum Gasteiger partial charge on any atom is 0.0691 e. The van der Waals surface area contributed by atoms with Crippen LogP contribution in [0.3, 0.4) is 0 Å². The molecule has 15 heavy (non-hydrogen) atoms. The van der Waals surface area contributed by atoms with E-state index in [9.17, 15) is 0 Å². The molecular weight excluding hydrogens is 188 g/mol. The van der Waals surface area contributed by atoms with Crippen molar-refractivity contribution in [3.05, 3.63) is 0 Å². The third-order valence-electron chi connectivity index (χ3n) is 4.47. The fraction of sp³-hybridized carbons (Fsp3) is 1.00. The second kappa shape index (κ2) is 3.44. The zero-order valence-corrected chi connectivity index (χ0v) is 10.3. The van der Waals surface area contributed by atoms with E-state index < -0.39 is 0 Å². The van der Waals surface area contributed by atoms with Crippen LogP contribution in [0.4, 0.5) is 0 Å². The third kappa shape index (κ3) is 1.44. The largest absolute Gasteiger partial charge is 0.377 e. The van der Waals surface area contributed by atoms with Gasteiger partial charge in [0, 0.05) is 36.1 Å². The van der Waals surface area contributed by atoms with E-state index in [0.717, 1.165) is 19.6 Å². The van der Waals surface area contributed by atoms with Crippen LogP contribution in [0.5, 0.6) is 0 Å². The lowest BCUT2D eigenvalue weighted by Gasteiger charge is -2.62. The maximum atomic E-state index is 6.57. The Morgan fingerprint density at radius 2 is 2.13 bits per heavy atom. The summed E-state index contributed by atoms with van der Waals surface area (Å²) in [5, 5.41) is 3.48. The molecule has 0 radical (unpaired) electrons. The van der Waals surface area contributed by atoms with Gasteiger partial charge in [-0.25, -0.2) is 0 Å². The molecule has 1 saturated carbocycles. The Labute approximate surface area is 92.7 Å². The van der Waals surface area contributed by atoms with Gasteiger partial charge in [-0.15, -0.1) is 0 Å². The van der Waals surface area contributed by atoms with Gasteiger partial charge in [0.25, 0.3) is 0 Å². The third-order valence-corrected chi connectivity index (χ3v) is 4.47. The molecule has 0 aromatic rings. The van der Waals surface area contributed by atoms with E-state index in [2.05, 4.69) is 33.0 Å². The van der Waals surface area contributed by atoms with Gasteiger partial charge in [-0.2, -0.15) is 0 Å². The second-order valence-electron chi connectivity index (χ2n) is 5.98. The topological polar surface area (TPSA) is 47.3 Å². The number of ether oxygens (including phenoxy) is 1. The first-order chi connectivity index (χ1) is 6.89. The summed E-state index contributed by atoms with van der Waals surface area (Å²) in [6.07, 6.45) is 1.51. The SMILES string of the molecule is CC(C)NCC1(N)C2CCOC2C1(C)C. The standard InChI is InChI=1S/C12H24N2O/c1-8(2)14-7-12(13)9-5-6-15-10(9)11(12,3)4/h8-10,14H,5-7,13H2,1-4H3. The van der Waals surface area contributed by atoms with Gasteiger partial charge in [-0.1, -0.05) is 27.7 Å². The van der Waals surface area contributed by atoms with Crippen LogP contribution in [0.15, 0.2) is 0 Å². The molecular formula is C12H24N2O. The molecule has 2 rings (SSSR count). The van der Waals surface area contributed by atoms with Gasteiger partial charge < -0.3 is 15.8 Å². The summed E-state index contributed by atoms with van der Waals surface area (Å²) in [4.78, 5) is 0. The Morgan fingerprint density at radius 1 is 1.47 bits per heavy atom. The van der Waals surface area contributed by atoms with Crippen molar-refractivity contribution < 1.29 is 4.74 Å². The van der Waals surface area contributed by atoms with Crippen molar-refractivity contribution >= 4 is 0 Å². The van der Waals surface area contributed by atoms with Crippen molar-refractivity contribution in [3.8, 4) is 0 Å². The van der Waals surface area contributed by atoms with E-state index in [-0.39, 0.29) is 11.0 Å². The summed E-state index contributed by atoms with van der Waals surface area (Å²) in [5.74, 6) is 0.554. The van der Waals surface area contributed by atoms with E-state index in [1.54, 1.807) is 0 Å². The van der Waals surface area contributed by atoms with Gasteiger partial charge in [0.2, 0.25) is 0 Å². The van der Waals surface area contributed by atoms with Gasteiger partial charge in [0.1, 0.15) is 0 Å². The van der Waals surface area contributed by atoms with Gasteiger partial charge in [0.05, 0.1) is 6.10 Å². The molecule has 0 aromatic heterocycles. The van der Waals surface area contributed by atoms with Crippen LogP contribution in [-0.4, -0.2) is 30.8 Å². The second-order valence-corrected chi connectivity index (χ2v) is 5.98. The molecule has 3 nitrogen and oxygen atoms in total. The zero-order valence-electron chi connectivity index (χ0n) is 10.3. The average molecular weight is 212 g/mol. The first kappa shape index (κ1) is 11.4. The minimum atomic E-state index is -0.0849. The monoisotopic (exact) mass is 212 g/mol. The first-order valence-electron chi connectivity index (χ1n) is 6.03. The van der Waals surface area contributed by atoms with Crippen LogP contribution in [0.25, 0.3) is 0 Å². The van der Waals surface area contributed by atoms with Gasteiger partial charge in [0.15, 0.2) is 0 Å². The van der Waals surface area contributed by atoms with Crippen molar-refractivity contribution in [2.75, 3.05) is 13.2 Å². The van der Waals surface area contributed by atoms with Crippen molar-refractivity contribution in [3.63, 3.8) is 0 Å². The number of rotatable bonds is 3. The smallest absolute Gasteiger partial charge is 0.0691 e. The summed E-state index contributed by atoms with van der Waals surface area (Å²) >= 11 is 0. The molecule has 2 fully saturated rings. The zero-order chi connectivity index (χ0) is 11.3. The molecule has 1 saturated heterocycles. The van der Waals surface area contributed by atoms with E-state index >= 15 is 0 Å². The highest BCUT2D eigenvalue weighted by Gasteiger charge is 2.67. The highest BCUT2D eigenvalue weighted by Crippen LogP contribution is 2.57. The van der Waals surface area contributed by atoms with Crippen LogP contribution in [0.1, 0.15) is 34.1 Å². The van der Waals surface area contributed by atoms with Crippen LogP contribution in [0.2, 0.25) is 0 Å². The number of hydrogen-bond donors (Lipinski definition) is 2. The Kier molecular flexibility index (Phi) is 2.61. The summed E-state index contributed by atoms with van der Waals surface area (Å²) in [6.45, 7) is 10.6. The van der Waals surface area contributed by atoms with Crippen LogP contribution in [-0.2, 0) is 4.74 Å². The molecule has 0 spiro atoms. The lowest BCUT2D eigenvalue weighted by molar-refractivity contribution is -0.153. The lowest BCUT2D eigenvalue weighted by Crippen LogP contribution is -2.78. The molecule has 3 heteroatoms. The summed E-state index contributed by atoms with van der Waals surface area (Å²) in [5.41, 5.74) is 6.59. The molecule has 1 aliphatic heterocycles. The Morgan fingerprint density at radius 3 is 2.73 bits per heavy atom. The predicted octanol–water partition coefficient (Wildman–Crippen LogP) is 1.13. The number of nitrogens with two attached hydrogens (primary N) is 1. The molecule has 3 atom stereocenters. The average Bonchev–Trinajstić information content (AvgIpc) is 2.61. The van der Waals surface area contributed by atoms with Crippen LogP contribution < -0.4 is 11.1 Å². The number of nitrogens with one attached hydrogen (secondary N) is 1. The van der Waals surface area contributed by atoms with E-state index in [4.69, 9.17) is 10.5 Å². The lowest BCUT2D eigenvalue weighted by atomic mass is 9.48. The van der Waals surface area contributed by atoms with E-state index in [1.165, 1.54) is 0 Å². The van der Waals surface area contributed by atoms with Crippen molar-refractivity contribution in [2.24, 2.45) is 17.1 Å². The number of fused-ring (bicyclic) bond motifs is 1. The first-order valence-corrected chi connectivity index (χ1v) is 6.03. The highest BCUT2D eigenvalue weighted by atomic mass is 16.5. The Hall–Kier alpha value is -0.120. The van der Waals surface area contributed by atoms with Gasteiger partial charge in [-0.3, -0.25) is 0 Å². The Balaban J connectivity index is 2.06. The molecule has 88 valence electrons. The minimum absolute atomic E-state index is 0.0849. The molecule has 1 heterocycles. The summed E-state index contributed by atoms with van der Waals surface area (Å²) in [7, 11) is 0. The van der Waals surface area contributed by atoms with Crippen LogP contribution >= 0.6 is 0 Å². The fourth-order valence-electron chi connectivity index (χ4n) is 3.21. The summed E-state index contributed by atoms with van der Waals surface area (Å²) in [6, 6.07) is 0.502. The highest BCUT2D eigenvalue weighted by molar-refractivity contribution is 5.21. The van der Waals surface area contributed by atoms with Gasteiger partial charge in [-0.05, 0) is 6.42 Å². The predicted molar refractivity (Wildman–Crippen MR) is 61.7 cm³/mol. The molecule has 0 amide bonds. The van der Waals surface area contributed by atoms with Crippen molar-refractivity contribution in [2.45, 2.75) is 51.8 Å². The number of hydrogen-bond acceptors (Lipinski definition) is 3. The normalized spacial score (nSPS) is 42.8. The van der Waals surface area contributed by atoms with Crippen molar-refractivity contribution in [1.82, 2.24) is 5.32 Å². The Bertz CT molecular complexity index is 252. The minimum Gasteiger partial charge on any atom is -0.377 e. The van der Waals surface area contributed by atoms with Crippen LogP contribution in [0, 0.1) is 11.3 Å². The maximum absolute atomic E-state index is 6.57.